The third-order valence-electron chi connectivity index (χ3n) is 4.94. The van der Waals surface area contributed by atoms with Gasteiger partial charge in [-0.15, -0.1) is 0 Å². The molecule has 0 saturated heterocycles. The van der Waals surface area contributed by atoms with Gasteiger partial charge in [0.15, 0.2) is 21.7 Å². The number of rotatable bonds is 9. The summed E-state index contributed by atoms with van der Waals surface area (Å²) in [5, 5.41) is 3.30. The molecule has 30 heavy (non-hydrogen) atoms. The van der Waals surface area contributed by atoms with Crippen molar-refractivity contribution in [2.24, 2.45) is 0 Å². The first-order valence-corrected chi connectivity index (χ1v) is 10.9. The van der Waals surface area contributed by atoms with Crippen LogP contribution in [0.2, 0.25) is 0 Å². The highest BCUT2D eigenvalue weighted by Gasteiger charge is 2.15. The molecule has 1 aromatic carbocycles. The van der Waals surface area contributed by atoms with E-state index in [-0.39, 0.29) is 0 Å². The third kappa shape index (κ3) is 4.94. The van der Waals surface area contributed by atoms with Crippen molar-refractivity contribution in [2.45, 2.75) is 32.2 Å². The highest BCUT2D eigenvalue weighted by Crippen LogP contribution is 2.24. The molecule has 0 radical (unpaired) electrons. The average molecular weight is 466 g/mol. The first-order valence-electron chi connectivity index (χ1n) is 10.1. The van der Waals surface area contributed by atoms with Crippen LogP contribution in [0.4, 0.5) is 11.8 Å². The van der Waals surface area contributed by atoms with E-state index in [0.717, 1.165) is 49.2 Å². The van der Waals surface area contributed by atoms with Crippen molar-refractivity contribution in [1.29, 1.82) is 0 Å². The van der Waals surface area contributed by atoms with Crippen molar-refractivity contribution in [3.63, 3.8) is 0 Å². The summed E-state index contributed by atoms with van der Waals surface area (Å²) in [6.07, 6.45) is 7.55. The van der Waals surface area contributed by atoms with Crippen molar-refractivity contribution in [3.8, 4) is 0 Å². The number of nitrogens with one attached hydrogen (secondary N) is 1. The quantitative estimate of drug-likeness (QED) is 0.283. The number of nitrogens with zero attached hydrogens (tertiary/aromatic N) is 5. The number of benzene rings is 1. The second-order valence-electron chi connectivity index (χ2n) is 7.11. The molecule has 0 amide bonds. The normalized spacial score (nSPS) is 11.1. The van der Waals surface area contributed by atoms with E-state index in [2.05, 4.69) is 65.4 Å². The Balaban J connectivity index is 1.41. The number of imidazole rings is 1. The van der Waals surface area contributed by atoms with Crippen molar-refractivity contribution >= 4 is 38.9 Å². The van der Waals surface area contributed by atoms with Gasteiger partial charge in [0, 0.05) is 25.5 Å². The predicted octanol–water partition coefficient (Wildman–Crippen LogP) is 4.24. The minimum atomic E-state index is 0.388. The lowest BCUT2D eigenvalue weighted by Gasteiger charge is -2.08. The molecule has 0 aliphatic carbocycles. The molecule has 3 N–H and O–H groups in total. The smallest absolute Gasteiger partial charge is 0.226 e. The van der Waals surface area contributed by atoms with Gasteiger partial charge in [0.1, 0.15) is 0 Å². The van der Waals surface area contributed by atoms with Crippen LogP contribution in [0, 0.1) is 0 Å². The Morgan fingerprint density at radius 2 is 1.63 bits per heavy atom. The van der Waals surface area contributed by atoms with Crippen molar-refractivity contribution in [1.82, 2.24) is 24.5 Å². The van der Waals surface area contributed by atoms with Crippen LogP contribution in [-0.4, -0.2) is 31.0 Å². The summed E-state index contributed by atoms with van der Waals surface area (Å²) < 4.78 is 2.76. The Bertz CT molecular complexity index is 1100. The molecule has 0 atom stereocenters. The molecular weight excluding hydrogens is 442 g/mol. The molecule has 4 rings (SSSR count). The van der Waals surface area contributed by atoms with Gasteiger partial charge in [-0.25, -0.2) is 4.98 Å². The van der Waals surface area contributed by atoms with Crippen molar-refractivity contribution in [2.75, 3.05) is 17.6 Å². The third-order valence-corrected chi connectivity index (χ3v) is 5.55. The molecule has 0 aliphatic rings. The van der Waals surface area contributed by atoms with Gasteiger partial charge in [-0.05, 0) is 64.9 Å². The van der Waals surface area contributed by atoms with Crippen LogP contribution in [-0.2, 0) is 19.4 Å². The van der Waals surface area contributed by atoms with E-state index in [0.29, 0.717) is 17.3 Å². The van der Waals surface area contributed by atoms with Crippen molar-refractivity contribution in [3.05, 3.63) is 70.7 Å². The van der Waals surface area contributed by atoms with E-state index in [9.17, 15) is 0 Å². The molecule has 0 fully saturated rings. The van der Waals surface area contributed by atoms with E-state index in [1.165, 1.54) is 11.1 Å². The fraction of sp³-hybridized carbons (Fsp3) is 0.273. The molecule has 3 heterocycles. The summed E-state index contributed by atoms with van der Waals surface area (Å²) >= 11 is 3.54. The van der Waals surface area contributed by atoms with Crippen LogP contribution in [0.15, 0.2) is 59.6 Å². The monoisotopic (exact) mass is 465 g/mol. The van der Waals surface area contributed by atoms with Gasteiger partial charge in [-0.1, -0.05) is 30.3 Å². The van der Waals surface area contributed by atoms with E-state index < -0.39 is 0 Å². The van der Waals surface area contributed by atoms with Crippen LogP contribution in [0.5, 0.6) is 0 Å². The van der Waals surface area contributed by atoms with Gasteiger partial charge in [-0.3, -0.25) is 4.98 Å². The number of halogens is 1. The maximum Gasteiger partial charge on any atom is 0.226 e. The first kappa shape index (κ1) is 20.3. The minimum absolute atomic E-state index is 0.388. The maximum atomic E-state index is 6.16. The molecule has 7 nitrogen and oxygen atoms in total. The number of fused-ring (bicyclic) bond motifs is 1. The SMILES string of the molecule is Nc1nc(NCCCc2ccccc2)nc2c1nc(Br)n2CCCc1ccncc1. The summed E-state index contributed by atoms with van der Waals surface area (Å²) in [5.41, 5.74) is 10.1. The lowest BCUT2D eigenvalue weighted by atomic mass is 10.1. The highest BCUT2D eigenvalue weighted by molar-refractivity contribution is 9.10. The molecule has 8 heteroatoms. The molecule has 3 aromatic heterocycles. The number of anilines is 2. The Kier molecular flexibility index (Phi) is 6.53. The lowest BCUT2D eigenvalue weighted by molar-refractivity contribution is 0.641. The van der Waals surface area contributed by atoms with Crippen LogP contribution in [0.25, 0.3) is 11.2 Å². The zero-order valence-electron chi connectivity index (χ0n) is 16.6. The molecule has 154 valence electrons. The zero-order valence-corrected chi connectivity index (χ0v) is 18.2. The summed E-state index contributed by atoms with van der Waals surface area (Å²) in [4.78, 5) is 17.6. The molecule has 0 unspecified atom stereocenters. The van der Waals surface area contributed by atoms with Gasteiger partial charge >= 0.3 is 0 Å². The Morgan fingerprint density at radius 1 is 0.900 bits per heavy atom. The first-order chi connectivity index (χ1) is 14.7. The standard InChI is InChI=1S/C22H24BrN7/c23-21-27-18-19(24)28-22(26-12-4-8-16-6-2-1-3-7-16)29-20(18)30(21)15-5-9-17-10-13-25-14-11-17/h1-3,6-7,10-11,13-14H,4-5,8-9,12,15H2,(H3,24,26,28,29). The number of hydrogen-bond acceptors (Lipinski definition) is 6. The van der Waals surface area contributed by atoms with E-state index in [1.54, 1.807) is 0 Å². The average Bonchev–Trinajstić information content (AvgIpc) is 3.09. The topological polar surface area (TPSA) is 94.5 Å². The minimum Gasteiger partial charge on any atom is -0.382 e. The zero-order chi connectivity index (χ0) is 20.8. The second-order valence-corrected chi connectivity index (χ2v) is 7.82. The maximum absolute atomic E-state index is 6.16. The fourth-order valence-electron chi connectivity index (χ4n) is 3.40. The Labute approximate surface area is 183 Å². The van der Waals surface area contributed by atoms with Gasteiger partial charge in [0.25, 0.3) is 0 Å². The molecule has 0 saturated carbocycles. The van der Waals surface area contributed by atoms with Gasteiger partial charge in [-0.2, -0.15) is 9.97 Å². The number of nitrogen functional groups attached to an aromatic ring is 1. The lowest BCUT2D eigenvalue weighted by Crippen LogP contribution is -2.09. The van der Waals surface area contributed by atoms with Crippen molar-refractivity contribution < 1.29 is 0 Å². The molecule has 0 aliphatic heterocycles. The summed E-state index contributed by atoms with van der Waals surface area (Å²) in [6, 6.07) is 14.5. The fourth-order valence-corrected chi connectivity index (χ4v) is 3.92. The summed E-state index contributed by atoms with van der Waals surface area (Å²) in [7, 11) is 0. The van der Waals surface area contributed by atoms with E-state index in [1.807, 2.05) is 35.2 Å². The van der Waals surface area contributed by atoms with Crippen LogP contribution in [0.1, 0.15) is 24.0 Å². The molecule has 4 aromatic rings. The summed E-state index contributed by atoms with van der Waals surface area (Å²) in [5.74, 6) is 0.926. The number of pyridine rings is 1. The molecule has 0 spiro atoms. The van der Waals surface area contributed by atoms with Gasteiger partial charge < -0.3 is 15.6 Å². The van der Waals surface area contributed by atoms with E-state index >= 15 is 0 Å². The number of aromatic nitrogens is 5. The predicted molar refractivity (Wildman–Crippen MR) is 123 cm³/mol. The van der Waals surface area contributed by atoms with Gasteiger partial charge in [0.05, 0.1) is 0 Å². The summed E-state index contributed by atoms with van der Waals surface area (Å²) in [6.45, 7) is 1.56. The van der Waals surface area contributed by atoms with Crippen LogP contribution in [0.3, 0.4) is 0 Å². The molecule has 0 bridgehead atoms. The molecular formula is C22H24BrN7. The highest BCUT2D eigenvalue weighted by atomic mass is 79.9. The van der Waals surface area contributed by atoms with E-state index in [4.69, 9.17) is 5.73 Å². The Hall–Kier alpha value is -3.00. The Morgan fingerprint density at radius 3 is 2.43 bits per heavy atom. The largest absolute Gasteiger partial charge is 0.382 e. The van der Waals surface area contributed by atoms with Crippen LogP contribution < -0.4 is 11.1 Å². The number of aryl methyl sites for hydroxylation is 3. The van der Waals surface area contributed by atoms with Gasteiger partial charge in [0.2, 0.25) is 5.95 Å². The second kappa shape index (κ2) is 9.67. The van der Waals surface area contributed by atoms with Crippen LogP contribution >= 0.6 is 15.9 Å². The number of hydrogen-bond donors (Lipinski definition) is 2. The number of nitrogens with two attached hydrogens (primary N) is 1.